The Bertz CT molecular complexity index is 406. The van der Waals surface area contributed by atoms with Gasteiger partial charge in [-0.2, -0.15) is 0 Å². The van der Waals surface area contributed by atoms with Gasteiger partial charge in [0.1, 0.15) is 0 Å². The summed E-state index contributed by atoms with van der Waals surface area (Å²) in [5.74, 6) is 0. The first kappa shape index (κ1) is 2.10. The molecule has 0 unspecified atom stereocenters. The van der Waals surface area contributed by atoms with Crippen molar-refractivity contribution in [2.45, 2.75) is 26.6 Å². The molecule has 0 fully saturated rings. The van der Waals surface area contributed by atoms with E-state index in [-0.39, 0.29) is 11.1 Å². The van der Waals surface area contributed by atoms with Crippen molar-refractivity contribution in [3.8, 4) is 0 Å². The first-order valence-corrected chi connectivity index (χ1v) is 3.00. The Balaban J connectivity index is 3.79. The third kappa shape index (κ3) is 1.60. The molecule has 0 amide bonds. The van der Waals surface area contributed by atoms with E-state index in [4.69, 9.17) is 11.0 Å². The van der Waals surface area contributed by atoms with Gasteiger partial charge in [-0.3, -0.25) is 0 Å². The first-order valence-electron chi connectivity index (χ1n) is 7.00. The summed E-state index contributed by atoms with van der Waals surface area (Å²) >= 11 is 0. The van der Waals surface area contributed by atoms with Crippen LogP contribution in [0.1, 0.15) is 35.9 Å². The molecular formula is C10H14. The number of hydrogen-bond donors (Lipinski definition) is 0. The topological polar surface area (TPSA) is 0 Å². The highest BCUT2D eigenvalue weighted by molar-refractivity contribution is 5.22. The maximum atomic E-state index is 7.71. The average Bonchev–Trinajstić information content (AvgIpc) is 2.10. The second-order valence-electron chi connectivity index (χ2n) is 1.75. The number of hydrogen-bond acceptors (Lipinski definition) is 0. The summed E-state index contributed by atoms with van der Waals surface area (Å²) in [5, 5.41) is 0. The molecule has 0 radical (unpaired) electrons. The van der Waals surface area contributed by atoms with Crippen LogP contribution in [0.2, 0.25) is 0 Å². The van der Waals surface area contributed by atoms with Gasteiger partial charge >= 0.3 is 0 Å². The number of rotatable bonds is 2. The molecule has 1 aromatic rings. The highest BCUT2D eigenvalue weighted by atomic mass is 13.9. The van der Waals surface area contributed by atoms with Gasteiger partial charge in [-0.05, 0) is 23.9 Å². The monoisotopic (exact) mass is 142 g/mol. The zero-order valence-corrected chi connectivity index (χ0v) is 6.00. The minimum absolute atomic E-state index is 0.342. The lowest BCUT2D eigenvalue weighted by Gasteiger charge is -1.97. The van der Waals surface area contributed by atoms with E-state index in [0.717, 1.165) is 13.8 Å². The van der Waals surface area contributed by atoms with Crippen LogP contribution in [0.4, 0.5) is 0 Å². The summed E-state index contributed by atoms with van der Waals surface area (Å²) in [6.45, 7) is 2.30. The molecule has 0 saturated carbocycles. The summed E-state index contributed by atoms with van der Waals surface area (Å²) in [7, 11) is 0. The van der Waals surface area contributed by atoms with E-state index < -0.39 is 36.9 Å². The molecule has 1 rings (SSSR count). The van der Waals surface area contributed by atoms with E-state index in [1.165, 1.54) is 0 Å². The molecule has 0 aliphatic rings. The minimum Gasteiger partial charge on any atom is -0.0613 e. The van der Waals surface area contributed by atoms with E-state index in [1.807, 2.05) is 0 Å². The second-order valence-corrected chi connectivity index (χ2v) is 1.75. The van der Waals surface area contributed by atoms with Crippen molar-refractivity contribution in [3.05, 3.63) is 35.3 Å². The Morgan fingerprint density at radius 2 is 1.40 bits per heavy atom. The summed E-state index contributed by atoms with van der Waals surface area (Å²) in [4.78, 5) is 0. The van der Waals surface area contributed by atoms with E-state index in [1.54, 1.807) is 0 Å². The molecule has 54 valence electrons. The molecule has 0 nitrogen and oxygen atoms in total. The molecule has 10 heavy (non-hydrogen) atoms. The highest BCUT2D eigenvalue weighted by Crippen LogP contribution is 2.04. The molecule has 0 bridgehead atoms. The fourth-order valence-electron chi connectivity index (χ4n) is 0.562. The Hall–Kier alpha value is -0.780. The molecule has 0 saturated heterocycles. The molecule has 0 N–H and O–H groups in total. The van der Waals surface area contributed by atoms with Crippen LogP contribution in [-0.2, 0) is 12.7 Å². The van der Waals surface area contributed by atoms with Gasteiger partial charge in [0.2, 0.25) is 0 Å². The van der Waals surface area contributed by atoms with Gasteiger partial charge in [0, 0.05) is 5.48 Å². The minimum atomic E-state index is -2.02. The highest BCUT2D eigenvalue weighted by Gasteiger charge is 1.88. The summed E-state index contributed by atoms with van der Waals surface area (Å²) in [6, 6.07) is -2.10. The molecule has 0 heterocycles. The average molecular weight is 142 g/mol. The quantitative estimate of drug-likeness (QED) is 0.595. The van der Waals surface area contributed by atoms with Gasteiger partial charge in [-0.25, -0.2) is 0 Å². The summed E-state index contributed by atoms with van der Waals surface area (Å²) in [5.41, 5.74) is -0.684. The number of benzene rings is 1. The smallest absolute Gasteiger partial charge is 0.0613 e. The molecule has 0 atom stereocenters. The zero-order valence-electron chi connectivity index (χ0n) is 14.0. The Morgan fingerprint density at radius 3 is 1.60 bits per heavy atom. The largest absolute Gasteiger partial charge is 0.0626 e. The summed E-state index contributed by atoms with van der Waals surface area (Å²) in [6.07, 6.45) is -4.03. The van der Waals surface area contributed by atoms with Crippen LogP contribution < -0.4 is 0 Å². The Labute approximate surface area is 74.1 Å². The third-order valence-electron chi connectivity index (χ3n) is 1.12. The van der Waals surface area contributed by atoms with Crippen molar-refractivity contribution in [2.75, 3.05) is 0 Å². The summed E-state index contributed by atoms with van der Waals surface area (Å²) < 4.78 is 61.0. The standard InChI is InChI=1S/C10H14/c1-3-9-5-7-10(4-2)8-6-9/h5-8H,3-4H2,1-2H3/i3D2,4D2,5D,6D,7D,8D. The van der Waals surface area contributed by atoms with Crippen molar-refractivity contribution >= 4 is 0 Å². The van der Waals surface area contributed by atoms with Crippen molar-refractivity contribution in [1.82, 2.24) is 0 Å². The van der Waals surface area contributed by atoms with Crippen LogP contribution >= 0.6 is 0 Å². The second kappa shape index (κ2) is 3.40. The van der Waals surface area contributed by atoms with Gasteiger partial charge in [-0.1, -0.05) is 38.0 Å². The molecule has 0 aromatic heterocycles. The van der Waals surface area contributed by atoms with Crippen LogP contribution in [0.3, 0.4) is 0 Å². The van der Waals surface area contributed by atoms with E-state index >= 15 is 0 Å². The Kier molecular flexibility index (Phi) is 0.715. The van der Waals surface area contributed by atoms with Crippen molar-refractivity contribution in [2.24, 2.45) is 0 Å². The predicted octanol–water partition coefficient (Wildman–Crippen LogP) is 2.81. The molecule has 0 aliphatic heterocycles. The lowest BCUT2D eigenvalue weighted by molar-refractivity contribution is 1.10. The molecule has 0 spiro atoms. The van der Waals surface area contributed by atoms with Crippen molar-refractivity contribution in [1.29, 1.82) is 0 Å². The fraction of sp³-hybridized carbons (Fsp3) is 0.400. The van der Waals surface area contributed by atoms with Crippen molar-refractivity contribution < 1.29 is 11.0 Å². The van der Waals surface area contributed by atoms with E-state index in [0.29, 0.717) is 0 Å². The Morgan fingerprint density at radius 1 is 1.10 bits per heavy atom. The lowest BCUT2D eigenvalue weighted by Crippen LogP contribution is -1.81. The van der Waals surface area contributed by atoms with Crippen LogP contribution in [0.15, 0.2) is 24.2 Å². The van der Waals surface area contributed by atoms with Gasteiger partial charge in [0.15, 0.2) is 0 Å². The maximum absolute atomic E-state index is 7.71. The van der Waals surface area contributed by atoms with Crippen LogP contribution in [-0.4, -0.2) is 0 Å². The van der Waals surface area contributed by atoms with Gasteiger partial charge < -0.3 is 0 Å². The molecular weight excluding hydrogens is 120 g/mol. The molecule has 0 aliphatic carbocycles. The lowest BCUT2D eigenvalue weighted by atomic mass is 10.1. The molecule has 0 heteroatoms. The maximum Gasteiger partial charge on any atom is 0.0626 e. The van der Waals surface area contributed by atoms with Crippen LogP contribution in [0.25, 0.3) is 0 Å². The third-order valence-corrected chi connectivity index (χ3v) is 1.12. The SMILES string of the molecule is [2H]c1c([2H])c(C([2H])([2H])C)c([2H])c([2H])c1C([2H])([2H])C. The van der Waals surface area contributed by atoms with Crippen molar-refractivity contribution in [3.63, 3.8) is 0 Å². The van der Waals surface area contributed by atoms with E-state index in [9.17, 15) is 0 Å². The van der Waals surface area contributed by atoms with Gasteiger partial charge in [-0.15, -0.1) is 0 Å². The van der Waals surface area contributed by atoms with Gasteiger partial charge in [0.05, 0.1) is 5.48 Å². The van der Waals surface area contributed by atoms with Crippen LogP contribution in [0.5, 0.6) is 0 Å². The zero-order chi connectivity index (χ0) is 14.5. The van der Waals surface area contributed by atoms with Gasteiger partial charge in [0.25, 0.3) is 0 Å². The predicted molar refractivity (Wildman–Crippen MR) is 45.2 cm³/mol. The fourth-order valence-corrected chi connectivity index (χ4v) is 0.562. The van der Waals surface area contributed by atoms with E-state index in [2.05, 4.69) is 0 Å². The first-order chi connectivity index (χ1) is 7.89. The molecule has 1 aromatic carbocycles. The van der Waals surface area contributed by atoms with Crippen LogP contribution in [0, 0.1) is 0 Å². The normalized spacial score (nSPS) is 24.2.